The van der Waals surface area contributed by atoms with Crippen molar-refractivity contribution in [3.05, 3.63) is 23.5 Å². The number of rotatable bonds is 2. The molecule has 15 heavy (non-hydrogen) atoms. The van der Waals surface area contributed by atoms with Gasteiger partial charge >= 0.3 is 0 Å². The summed E-state index contributed by atoms with van der Waals surface area (Å²) >= 11 is 0. The summed E-state index contributed by atoms with van der Waals surface area (Å²) in [5.74, 6) is -1.23. The van der Waals surface area contributed by atoms with Gasteiger partial charge in [-0.3, -0.25) is 4.99 Å². The molecule has 0 atom stereocenters. The summed E-state index contributed by atoms with van der Waals surface area (Å²) < 4.78 is 13.4. The van der Waals surface area contributed by atoms with Crippen molar-refractivity contribution >= 4 is 5.84 Å². The lowest BCUT2D eigenvalue weighted by Gasteiger charge is -2.06. The van der Waals surface area contributed by atoms with Gasteiger partial charge in [-0.05, 0) is 11.6 Å². The minimum atomic E-state index is -0.786. The van der Waals surface area contributed by atoms with Gasteiger partial charge in [-0.15, -0.1) is 0 Å². The summed E-state index contributed by atoms with van der Waals surface area (Å²) in [5.41, 5.74) is 0.318. The van der Waals surface area contributed by atoms with Gasteiger partial charge in [0.15, 0.2) is 17.3 Å². The maximum absolute atomic E-state index is 13.4. The van der Waals surface area contributed by atoms with Crippen molar-refractivity contribution < 1.29 is 14.6 Å². The summed E-state index contributed by atoms with van der Waals surface area (Å²) in [7, 11) is 0. The Morgan fingerprint density at radius 2 is 2.20 bits per heavy atom. The molecule has 0 amide bonds. The van der Waals surface area contributed by atoms with Crippen molar-refractivity contribution in [2.45, 2.75) is 6.42 Å². The highest BCUT2D eigenvalue weighted by molar-refractivity contribution is 5.85. The molecule has 0 bridgehead atoms. The zero-order chi connectivity index (χ0) is 10.8. The zero-order valence-electron chi connectivity index (χ0n) is 8.00. The second-order valence-electron chi connectivity index (χ2n) is 3.34. The lowest BCUT2D eigenvalue weighted by Crippen LogP contribution is -2.20. The second-order valence-corrected chi connectivity index (χ2v) is 3.34. The molecule has 2 rings (SSSR count). The first kappa shape index (κ1) is 9.76. The Balaban J connectivity index is 2.25. The molecule has 3 N–H and O–H groups in total. The fourth-order valence-corrected chi connectivity index (χ4v) is 1.48. The Labute approximate surface area is 86.1 Å². The van der Waals surface area contributed by atoms with Crippen molar-refractivity contribution in [3.63, 3.8) is 0 Å². The van der Waals surface area contributed by atoms with Gasteiger partial charge in [0.1, 0.15) is 5.84 Å². The first-order chi connectivity index (χ1) is 7.18. The van der Waals surface area contributed by atoms with Gasteiger partial charge in [-0.1, -0.05) is 6.07 Å². The standard InChI is InChI=1S/C10H11FN2O2/c11-9-6(1-2-7(14)10(9)15)5-8-12-3-4-13-8/h1-2,14-15H,3-5H2,(H,12,13). The Morgan fingerprint density at radius 1 is 1.40 bits per heavy atom. The average Bonchev–Trinajstić information content (AvgIpc) is 2.72. The molecule has 4 nitrogen and oxygen atoms in total. The van der Waals surface area contributed by atoms with E-state index in [2.05, 4.69) is 10.3 Å². The molecule has 0 fully saturated rings. The van der Waals surface area contributed by atoms with E-state index in [9.17, 15) is 9.50 Å². The van der Waals surface area contributed by atoms with E-state index in [-0.39, 0.29) is 0 Å². The summed E-state index contributed by atoms with van der Waals surface area (Å²) in [4.78, 5) is 4.12. The largest absolute Gasteiger partial charge is 0.504 e. The average molecular weight is 210 g/mol. The fourth-order valence-electron chi connectivity index (χ4n) is 1.48. The molecular weight excluding hydrogens is 199 g/mol. The van der Waals surface area contributed by atoms with E-state index in [1.54, 1.807) is 0 Å². The van der Waals surface area contributed by atoms with Gasteiger partial charge in [0.2, 0.25) is 0 Å². The van der Waals surface area contributed by atoms with Crippen LogP contribution in [0.25, 0.3) is 0 Å². The lowest BCUT2D eigenvalue weighted by atomic mass is 10.1. The van der Waals surface area contributed by atoms with Gasteiger partial charge < -0.3 is 15.5 Å². The molecule has 1 aromatic rings. The number of hydrogen-bond donors (Lipinski definition) is 3. The predicted molar refractivity (Wildman–Crippen MR) is 53.7 cm³/mol. The fraction of sp³-hybridized carbons (Fsp3) is 0.300. The van der Waals surface area contributed by atoms with Gasteiger partial charge in [-0.2, -0.15) is 0 Å². The number of hydrogen-bond acceptors (Lipinski definition) is 4. The third kappa shape index (κ3) is 1.86. The molecular formula is C10H11FN2O2. The summed E-state index contributed by atoms with van der Waals surface area (Å²) in [6, 6.07) is 2.70. The quantitative estimate of drug-likeness (QED) is 0.632. The number of phenolic OH excluding ortho intramolecular Hbond substituents is 2. The smallest absolute Gasteiger partial charge is 0.194 e. The van der Waals surface area contributed by atoms with E-state index in [1.807, 2.05) is 0 Å². The van der Waals surface area contributed by atoms with Crippen LogP contribution < -0.4 is 5.32 Å². The van der Waals surface area contributed by atoms with E-state index < -0.39 is 17.3 Å². The number of amidine groups is 1. The van der Waals surface area contributed by atoms with Crippen LogP contribution in [0.4, 0.5) is 4.39 Å². The topological polar surface area (TPSA) is 64.9 Å². The molecule has 1 aromatic carbocycles. The van der Waals surface area contributed by atoms with Crippen LogP contribution in [0.3, 0.4) is 0 Å². The monoisotopic (exact) mass is 210 g/mol. The van der Waals surface area contributed by atoms with Gasteiger partial charge in [0.25, 0.3) is 0 Å². The highest BCUT2D eigenvalue weighted by Gasteiger charge is 2.14. The third-order valence-electron chi connectivity index (χ3n) is 2.28. The van der Waals surface area contributed by atoms with Crippen molar-refractivity contribution in [2.75, 3.05) is 13.1 Å². The van der Waals surface area contributed by atoms with Crippen molar-refractivity contribution in [3.8, 4) is 11.5 Å². The molecule has 0 aromatic heterocycles. The maximum Gasteiger partial charge on any atom is 0.194 e. The van der Waals surface area contributed by atoms with Crippen molar-refractivity contribution in [1.82, 2.24) is 5.32 Å². The molecule has 80 valence electrons. The van der Waals surface area contributed by atoms with E-state index >= 15 is 0 Å². The summed E-state index contributed by atoms with van der Waals surface area (Å²) in [5, 5.41) is 21.2. The zero-order valence-corrected chi connectivity index (χ0v) is 8.00. The highest BCUT2D eigenvalue weighted by Crippen LogP contribution is 2.29. The van der Waals surface area contributed by atoms with Crippen LogP contribution in [0, 0.1) is 5.82 Å². The Hall–Kier alpha value is -1.78. The van der Waals surface area contributed by atoms with E-state index in [4.69, 9.17) is 5.11 Å². The minimum absolute atomic E-state index is 0.305. The molecule has 0 aliphatic carbocycles. The Bertz CT molecular complexity index is 418. The van der Waals surface area contributed by atoms with Gasteiger partial charge in [0, 0.05) is 13.0 Å². The van der Waals surface area contributed by atoms with Crippen molar-refractivity contribution in [2.24, 2.45) is 4.99 Å². The molecule has 1 aliphatic rings. The summed E-state index contributed by atoms with van der Waals surface area (Å²) in [6.45, 7) is 1.46. The van der Waals surface area contributed by atoms with Crippen LogP contribution in [0.2, 0.25) is 0 Å². The molecule has 0 saturated heterocycles. The first-order valence-electron chi connectivity index (χ1n) is 4.65. The Kier molecular flexibility index (Phi) is 2.45. The second kappa shape index (κ2) is 3.76. The first-order valence-corrected chi connectivity index (χ1v) is 4.65. The van der Waals surface area contributed by atoms with Crippen LogP contribution in [-0.4, -0.2) is 29.1 Å². The van der Waals surface area contributed by atoms with Crippen LogP contribution in [0.1, 0.15) is 5.56 Å². The van der Waals surface area contributed by atoms with E-state index in [0.717, 1.165) is 6.54 Å². The van der Waals surface area contributed by atoms with E-state index in [0.29, 0.717) is 24.4 Å². The van der Waals surface area contributed by atoms with Crippen LogP contribution in [0.15, 0.2) is 17.1 Å². The molecule has 0 radical (unpaired) electrons. The molecule has 0 spiro atoms. The summed E-state index contributed by atoms with van der Waals surface area (Å²) in [6.07, 6.45) is 0.305. The predicted octanol–water partition coefficient (Wildman–Crippen LogP) is 0.781. The Morgan fingerprint density at radius 3 is 2.87 bits per heavy atom. The number of nitrogens with one attached hydrogen (secondary N) is 1. The van der Waals surface area contributed by atoms with Crippen molar-refractivity contribution in [1.29, 1.82) is 0 Å². The van der Waals surface area contributed by atoms with Crippen LogP contribution >= 0.6 is 0 Å². The molecule has 1 aliphatic heterocycles. The SMILES string of the molecule is Oc1ccc(CC2=NCCN2)c(F)c1O. The number of halogens is 1. The third-order valence-corrected chi connectivity index (χ3v) is 2.28. The van der Waals surface area contributed by atoms with E-state index in [1.165, 1.54) is 12.1 Å². The number of benzene rings is 1. The maximum atomic E-state index is 13.4. The molecule has 0 saturated carbocycles. The number of nitrogens with zero attached hydrogens (tertiary/aromatic N) is 1. The lowest BCUT2D eigenvalue weighted by molar-refractivity contribution is 0.377. The molecule has 0 unspecified atom stereocenters. The number of phenols is 2. The molecule has 1 heterocycles. The number of aromatic hydroxyl groups is 2. The molecule has 5 heteroatoms. The number of aliphatic imine (C=N–C) groups is 1. The van der Waals surface area contributed by atoms with Gasteiger partial charge in [-0.25, -0.2) is 4.39 Å². The van der Waals surface area contributed by atoms with Crippen LogP contribution in [-0.2, 0) is 6.42 Å². The normalized spacial score (nSPS) is 14.9. The highest BCUT2D eigenvalue weighted by atomic mass is 19.1. The minimum Gasteiger partial charge on any atom is -0.504 e. The van der Waals surface area contributed by atoms with Crippen LogP contribution in [0.5, 0.6) is 11.5 Å². The van der Waals surface area contributed by atoms with Gasteiger partial charge in [0.05, 0.1) is 6.54 Å².